The fourth-order valence-electron chi connectivity index (χ4n) is 3.70. The SMILES string of the molecule is C[C@H]1CC[C@H](O)[C@@]2(C)CCC(C(C)(C)O)=C[C@H]12. The minimum atomic E-state index is -0.705. The molecule has 1 saturated carbocycles. The second kappa shape index (κ2) is 4.10. The third-order valence-corrected chi connectivity index (χ3v) is 5.13. The molecule has 0 heterocycles. The molecule has 1 fully saturated rings. The first-order valence-electron chi connectivity index (χ1n) is 6.87. The van der Waals surface area contributed by atoms with E-state index in [2.05, 4.69) is 19.9 Å². The zero-order valence-corrected chi connectivity index (χ0v) is 11.5. The van der Waals surface area contributed by atoms with E-state index < -0.39 is 5.60 Å². The Kier molecular flexibility index (Phi) is 3.16. The quantitative estimate of drug-likeness (QED) is 0.690. The third-order valence-electron chi connectivity index (χ3n) is 5.13. The van der Waals surface area contributed by atoms with Crippen molar-refractivity contribution >= 4 is 0 Å². The Bertz CT molecular complexity index is 326. The van der Waals surface area contributed by atoms with E-state index in [1.165, 1.54) is 0 Å². The van der Waals surface area contributed by atoms with Gasteiger partial charge in [-0.25, -0.2) is 0 Å². The van der Waals surface area contributed by atoms with E-state index in [-0.39, 0.29) is 11.5 Å². The van der Waals surface area contributed by atoms with Gasteiger partial charge in [-0.05, 0) is 56.9 Å². The van der Waals surface area contributed by atoms with Gasteiger partial charge in [0.15, 0.2) is 0 Å². The average molecular weight is 238 g/mol. The van der Waals surface area contributed by atoms with Crippen LogP contribution in [0.5, 0.6) is 0 Å². The summed E-state index contributed by atoms with van der Waals surface area (Å²) in [5.41, 5.74) is 0.469. The molecule has 0 spiro atoms. The van der Waals surface area contributed by atoms with E-state index in [1.807, 2.05) is 13.8 Å². The van der Waals surface area contributed by atoms with Gasteiger partial charge in [0.25, 0.3) is 0 Å². The van der Waals surface area contributed by atoms with Gasteiger partial charge in [-0.2, -0.15) is 0 Å². The van der Waals surface area contributed by atoms with Crippen LogP contribution in [-0.4, -0.2) is 21.9 Å². The van der Waals surface area contributed by atoms with Gasteiger partial charge in [0.2, 0.25) is 0 Å². The molecule has 2 aliphatic rings. The lowest BCUT2D eigenvalue weighted by atomic mass is 9.56. The Morgan fingerprint density at radius 3 is 2.59 bits per heavy atom. The van der Waals surface area contributed by atoms with Gasteiger partial charge < -0.3 is 10.2 Å². The highest BCUT2D eigenvalue weighted by molar-refractivity contribution is 5.22. The molecular formula is C15H26O2. The van der Waals surface area contributed by atoms with Crippen LogP contribution < -0.4 is 0 Å². The molecule has 2 N–H and O–H groups in total. The number of rotatable bonds is 1. The van der Waals surface area contributed by atoms with Gasteiger partial charge in [0.1, 0.15) is 0 Å². The maximum atomic E-state index is 10.3. The molecule has 4 atom stereocenters. The van der Waals surface area contributed by atoms with E-state index in [4.69, 9.17) is 0 Å². The van der Waals surface area contributed by atoms with Crippen LogP contribution in [-0.2, 0) is 0 Å². The third kappa shape index (κ3) is 2.17. The van der Waals surface area contributed by atoms with Crippen molar-refractivity contribution in [3.8, 4) is 0 Å². The first-order chi connectivity index (χ1) is 7.75. The van der Waals surface area contributed by atoms with E-state index in [0.717, 1.165) is 31.3 Å². The first-order valence-corrected chi connectivity index (χ1v) is 6.87. The standard InChI is InChI=1S/C15H26O2/c1-10-5-6-13(16)15(4)8-7-11(9-12(10)15)14(2,3)17/h9-10,12-13,16-17H,5-8H2,1-4H3/t10-,12+,13-,15-/m0/s1. The summed E-state index contributed by atoms with van der Waals surface area (Å²) in [6, 6.07) is 0. The van der Waals surface area contributed by atoms with E-state index in [1.54, 1.807) is 0 Å². The van der Waals surface area contributed by atoms with Gasteiger partial charge in [-0.15, -0.1) is 0 Å². The fraction of sp³-hybridized carbons (Fsp3) is 0.867. The molecule has 0 aromatic carbocycles. The minimum Gasteiger partial charge on any atom is -0.393 e. The zero-order valence-electron chi connectivity index (χ0n) is 11.5. The summed E-state index contributed by atoms with van der Waals surface area (Å²) in [7, 11) is 0. The smallest absolute Gasteiger partial charge is 0.0800 e. The van der Waals surface area contributed by atoms with Crippen LogP contribution in [0.25, 0.3) is 0 Å². The summed E-state index contributed by atoms with van der Waals surface area (Å²) >= 11 is 0. The molecule has 0 amide bonds. The molecule has 98 valence electrons. The molecule has 0 aliphatic heterocycles. The van der Waals surface area contributed by atoms with Crippen molar-refractivity contribution in [1.29, 1.82) is 0 Å². The van der Waals surface area contributed by atoms with Crippen molar-refractivity contribution in [2.75, 3.05) is 0 Å². The van der Waals surface area contributed by atoms with Crippen molar-refractivity contribution in [2.24, 2.45) is 17.3 Å². The molecule has 17 heavy (non-hydrogen) atoms. The summed E-state index contributed by atoms with van der Waals surface area (Å²) in [4.78, 5) is 0. The predicted octanol–water partition coefficient (Wildman–Crippen LogP) is 2.89. The number of hydrogen-bond donors (Lipinski definition) is 2. The van der Waals surface area contributed by atoms with Gasteiger partial charge in [0, 0.05) is 5.41 Å². The summed E-state index contributed by atoms with van der Waals surface area (Å²) in [6.45, 7) is 8.23. The van der Waals surface area contributed by atoms with Gasteiger partial charge in [0.05, 0.1) is 11.7 Å². The van der Waals surface area contributed by atoms with E-state index in [0.29, 0.717) is 11.8 Å². The molecule has 0 aromatic rings. The zero-order chi connectivity index (χ0) is 12.8. The van der Waals surface area contributed by atoms with E-state index >= 15 is 0 Å². The summed E-state index contributed by atoms with van der Waals surface area (Å²) in [6.07, 6.45) is 6.02. The monoisotopic (exact) mass is 238 g/mol. The van der Waals surface area contributed by atoms with Crippen molar-refractivity contribution in [2.45, 2.75) is 65.1 Å². The molecule has 0 saturated heterocycles. The number of aliphatic hydroxyl groups excluding tert-OH is 1. The number of aliphatic hydroxyl groups is 2. The van der Waals surface area contributed by atoms with Crippen LogP contribution in [0.4, 0.5) is 0 Å². The molecule has 0 radical (unpaired) electrons. The Morgan fingerprint density at radius 1 is 1.35 bits per heavy atom. The van der Waals surface area contributed by atoms with Crippen molar-refractivity contribution in [3.05, 3.63) is 11.6 Å². The van der Waals surface area contributed by atoms with Crippen LogP contribution in [0.1, 0.15) is 53.4 Å². The highest BCUT2D eigenvalue weighted by atomic mass is 16.3. The van der Waals surface area contributed by atoms with Crippen LogP contribution in [0.3, 0.4) is 0 Å². The molecule has 2 heteroatoms. The Morgan fingerprint density at radius 2 is 2.00 bits per heavy atom. The number of fused-ring (bicyclic) bond motifs is 1. The highest BCUT2D eigenvalue weighted by Gasteiger charge is 2.47. The van der Waals surface area contributed by atoms with Crippen molar-refractivity contribution < 1.29 is 10.2 Å². The molecule has 2 rings (SSSR count). The van der Waals surface area contributed by atoms with Crippen molar-refractivity contribution in [1.82, 2.24) is 0 Å². The lowest BCUT2D eigenvalue weighted by Gasteiger charge is -2.51. The topological polar surface area (TPSA) is 40.5 Å². The summed E-state index contributed by atoms with van der Waals surface area (Å²) < 4.78 is 0. The Balaban J connectivity index is 2.33. The molecule has 2 aliphatic carbocycles. The van der Waals surface area contributed by atoms with Crippen LogP contribution in [0, 0.1) is 17.3 Å². The lowest BCUT2D eigenvalue weighted by molar-refractivity contribution is -0.0606. The molecular weight excluding hydrogens is 212 g/mol. The summed E-state index contributed by atoms with van der Waals surface area (Å²) in [5, 5.41) is 20.4. The second-order valence-electron chi connectivity index (χ2n) is 6.85. The van der Waals surface area contributed by atoms with Crippen LogP contribution >= 0.6 is 0 Å². The van der Waals surface area contributed by atoms with Crippen LogP contribution in [0.15, 0.2) is 11.6 Å². The fourth-order valence-corrected chi connectivity index (χ4v) is 3.70. The van der Waals surface area contributed by atoms with E-state index in [9.17, 15) is 10.2 Å². The molecule has 0 bridgehead atoms. The maximum absolute atomic E-state index is 10.3. The largest absolute Gasteiger partial charge is 0.393 e. The number of hydrogen-bond acceptors (Lipinski definition) is 2. The van der Waals surface area contributed by atoms with Crippen LogP contribution in [0.2, 0.25) is 0 Å². The van der Waals surface area contributed by atoms with Gasteiger partial charge in [-0.1, -0.05) is 19.9 Å². The Labute approximate surface area is 105 Å². The lowest BCUT2D eigenvalue weighted by Crippen LogP contribution is -2.48. The molecule has 0 aromatic heterocycles. The summed E-state index contributed by atoms with van der Waals surface area (Å²) in [5.74, 6) is 1.03. The molecule has 2 nitrogen and oxygen atoms in total. The molecule has 0 unspecified atom stereocenters. The van der Waals surface area contributed by atoms with Gasteiger partial charge >= 0.3 is 0 Å². The second-order valence-corrected chi connectivity index (χ2v) is 6.85. The minimum absolute atomic E-state index is 0.0203. The Hall–Kier alpha value is -0.340. The predicted molar refractivity (Wildman–Crippen MR) is 69.6 cm³/mol. The maximum Gasteiger partial charge on any atom is 0.0800 e. The first kappa shape index (κ1) is 13.1. The van der Waals surface area contributed by atoms with Crippen molar-refractivity contribution in [3.63, 3.8) is 0 Å². The highest BCUT2D eigenvalue weighted by Crippen LogP contribution is 2.52. The number of allylic oxidation sites excluding steroid dienone is 1. The van der Waals surface area contributed by atoms with Gasteiger partial charge in [-0.3, -0.25) is 0 Å². The average Bonchev–Trinajstić information content (AvgIpc) is 2.22. The normalized spacial score (nSPS) is 42.9.